The first-order valence-corrected chi connectivity index (χ1v) is 7.86. The normalized spacial score (nSPS) is 11.2. The average molecular weight is 320 g/mol. The van der Waals surface area contributed by atoms with Gasteiger partial charge in [0.15, 0.2) is 0 Å². The molecule has 0 bridgehead atoms. The molecule has 3 aromatic rings. The highest BCUT2D eigenvalue weighted by Crippen LogP contribution is 2.25. The Bertz CT molecular complexity index is 885. The lowest BCUT2D eigenvalue weighted by Crippen LogP contribution is -2.14. The van der Waals surface area contributed by atoms with Crippen LogP contribution in [0.1, 0.15) is 41.5 Å². The number of aromatic nitrogens is 2. The van der Waals surface area contributed by atoms with Crippen molar-refractivity contribution in [2.45, 2.75) is 26.3 Å². The van der Waals surface area contributed by atoms with Crippen molar-refractivity contribution >= 4 is 29.9 Å². The average Bonchev–Trinajstić information content (AvgIpc) is 2.93. The van der Waals surface area contributed by atoms with Crippen molar-refractivity contribution in [1.29, 1.82) is 0 Å². The zero-order chi connectivity index (χ0) is 17.3. The molecule has 3 N–H and O–H groups in total. The lowest BCUT2D eigenvalue weighted by atomic mass is 9.88. The third kappa shape index (κ3) is 3.05. The van der Waals surface area contributed by atoms with Gasteiger partial charge in [0, 0.05) is 12.2 Å². The first-order chi connectivity index (χ1) is 11.5. The number of rotatable bonds is 5. The van der Waals surface area contributed by atoms with E-state index in [1.165, 1.54) is 0 Å². The van der Waals surface area contributed by atoms with Gasteiger partial charge in [-0.05, 0) is 29.7 Å². The van der Waals surface area contributed by atoms with E-state index in [0.717, 1.165) is 35.2 Å². The van der Waals surface area contributed by atoms with Crippen LogP contribution in [-0.2, 0) is 6.54 Å². The predicted molar refractivity (Wildman–Crippen MR) is 95.5 cm³/mol. The van der Waals surface area contributed by atoms with E-state index in [4.69, 9.17) is 10.8 Å². The summed E-state index contributed by atoms with van der Waals surface area (Å²) in [4.78, 5) is 15.7. The molecule has 1 radical (unpaired) electrons. The van der Waals surface area contributed by atoms with Crippen LogP contribution in [0.3, 0.4) is 0 Å². The van der Waals surface area contributed by atoms with Crippen LogP contribution in [0.2, 0.25) is 0 Å². The number of carbonyl (C=O) groups excluding carboxylic acids is 1. The molecule has 1 amide bonds. The summed E-state index contributed by atoms with van der Waals surface area (Å²) in [6.07, 6.45) is 0. The Labute approximate surface area is 141 Å². The van der Waals surface area contributed by atoms with Gasteiger partial charge in [0.1, 0.15) is 5.69 Å². The standard InChI is InChI=1S/C18H19BN3O2/c1-11(2)17-9-15-16(8-7-14(21-15)18(20)23)22(17)10-12-3-5-13(19-24)6-4-12/h3-9,11,24H,10H2,1-2H3,(H2,20,23). The number of pyridine rings is 1. The SMILES string of the molecule is CC(C)c1cc2nc(C(N)=O)ccc2n1Cc1ccc([B]O)cc1. The van der Waals surface area contributed by atoms with E-state index in [0.29, 0.717) is 12.5 Å². The lowest BCUT2D eigenvalue weighted by molar-refractivity contribution is 0.0996. The Morgan fingerprint density at radius 3 is 2.54 bits per heavy atom. The maximum atomic E-state index is 11.4. The second-order valence-electron chi connectivity index (χ2n) is 6.15. The van der Waals surface area contributed by atoms with Crippen molar-refractivity contribution in [1.82, 2.24) is 9.55 Å². The summed E-state index contributed by atoms with van der Waals surface area (Å²) in [5, 5.41) is 9.04. The number of primary amides is 1. The molecule has 6 heteroatoms. The molecule has 2 heterocycles. The van der Waals surface area contributed by atoms with E-state index in [1.54, 1.807) is 6.07 Å². The van der Waals surface area contributed by atoms with Crippen LogP contribution in [-0.4, -0.2) is 28.0 Å². The van der Waals surface area contributed by atoms with Gasteiger partial charge in [-0.2, -0.15) is 0 Å². The van der Waals surface area contributed by atoms with Crippen LogP contribution >= 0.6 is 0 Å². The van der Waals surface area contributed by atoms with Crippen LogP contribution in [0.25, 0.3) is 11.0 Å². The molecule has 3 rings (SSSR count). The molecule has 0 unspecified atom stereocenters. The second kappa shape index (κ2) is 6.49. The number of hydrogen-bond donors (Lipinski definition) is 2. The van der Waals surface area contributed by atoms with Gasteiger partial charge in [-0.15, -0.1) is 0 Å². The molecule has 0 aliphatic carbocycles. The summed E-state index contributed by atoms with van der Waals surface area (Å²) < 4.78 is 2.20. The Balaban J connectivity index is 2.06. The molecule has 0 fully saturated rings. The number of fused-ring (bicyclic) bond motifs is 1. The predicted octanol–water partition coefficient (Wildman–Crippen LogP) is 1.54. The monoisotopic (exact) mass is 320 g/mol. The minimum Gasteiger partial charge on any atom is -0.450 e. The number of nitrogens with zero attached hydrogens (tertiary/aromatic N) is 2. The Kier molecular flexibility index (Phi) is 4.40. The molecule has 0 aliphatic rings. The van der Waals surface area contributed by atoms with Gasteiger partial charge in [0.25, 0.3) is 5.91 Å². The Morgan fingerprint density at radius 1 is 1.25 bits per heavy atom. The lowest BCUT2D eigenvalue weighted by Gasteiger charge is -2.13. The fourth-order valence-corrected chi connectivity index (χ4v) is 2.84. The minimum atomic E-state index is -0.522. The topological polar surface area (TPSA) is 81.1 Å². The largest absolute Gasteiger partial charge is 0.450 e. The third-order valence-electron chi connectivity index (χ3n) is 4.10. The first-order valence-electron chi connectivity index (χ1n) is 7.86. The van der Waals surface area contributed by atoms with Gasteiger partial charge < -0.3 is 15.3 Å². The number of carbonyl (C=O) groups is 1. The molecular formula is C18H19BN3O2. The first kappa shape index (κ1) is 16.3. The summed E-state index contributed by atoms with van der Waals surface area (Å²) in [6, 6.07) is 13.3. The zero-order valence-corrected chi connectivity index (χ0v) is 13.7. The van der Waals surface area contributed by atoms with E-state index >= 15 is 0 Å². The second-order valence-corrected chi connectivity index (χ2v) is 6.15. The maximum Gasteiger partial charge on any atom is 0.326 e. The van der Waals surface area contributed by atoms with Crippen molar-refractivity contribution < 1.29 is 9.82 Å². The number of nitrogens with two attached hydrogens (primary N) is 1. The fourth-order valence-electron chi connectivity index (χ4n) is 2.84. The van der Waals surface area contributed by atoms with E-state index in [2.05, 4.69) is 23.4 Å². The van der Waals surface area contributed by atoms with Crippen molar-refractivity contribution in [3.63, 3.8) is 0 Å². The van der Waals surface area contributed by atoms with Crippen LogP contribution in [0, 0.1) is 0 Å². The summed E-state index contributed by atoms with van der Waals surface area (Å²) in [5.41, 5.74) is 10.4. The van der Waals surface area contributed by atoms with Crippen molar-refractivity contribution in [3.8, 4) is 0 Å². The number of hydrogen-bond acceptors (Lipinski definition) is 3. The van der Waals surface area contributed by atoms with Crippen molar-refractivity contribution in [2.24, 2.45) is 5.73 Å². The fraction of sp³-hybridized carbons (Fsp3) is 0.222. The summed E-state index contributed by atoms with van der Waals surface area (Å²) in [6.45, 7) is 4.95. The Morgan fingerprint density at radius 2 is 1.96 bits per heavy atom. The molecule has 2 aromatic heterocycles. The zero-order valence-electron chi connectivity index (χ0n) is 13.7. The highest BCUT2D eigenvalue weighted by Gasteiger charge is 2.14. The molecular weight excluding hydrogens is 301 g/mol. The van der Waals surface area contributed by atoms with Crippen molar-refractivity contribution in [3.05, 3.63) is 59.4 Å². The molecule has 5 nitrogen and oxygen atoms in total. The summed E-state index contributed by atoms with van der Waals surface area (Å²) in [5.74, 6) is -0.201. The molecule has 0 aliphatic heterocycles. The van der Waals surface area contributed by atoms with E-state index < -0.39 is 5.91 Å². The third-order valence-corrected chi connectivity index (χ3v) is 4.10. The van der Waals surface area contributed by atoms with Crippen LogP contribution < -0.4 is 11.2 Å². The number of benzene rings is 1. The van der Waals surface area contributed by atoms with Crippen LogP contribution in [0.15, 0.2) is 42.5 Å². The molecule has 1 aromatic carbocycles. The number of amides is 1. The molecule has 0 saturated heterocycles. The van der Waals surface area contributed by atoms with Gasteiger partial charge in [-0.1, -0.05) is 43.6 Å². The molecule has 121 valence electrons. The van der Waals surface area contributed by atoms with Gasteiger partial charge >= 0.3 is 7.48 Å². The van der Waals surface area contributed by atoms with Gasteiger partial charge in [0.05, 0.1) is 11.0 Å². The molecule has 0 spiro atoms. The maximum absolute atomic E-state index is 11.4. The Hall–Kier alpha value is -2.60. The molecule has 0 saturated carbocycles. The smallest absolute Gasteiger partial charge is 0.326 e. The quantitative estimate of drug-likeness (QED) is 0.700. The van der Waals surface area contributed by atoms with Crippen LogP contribution in [0.5, 0.6) is 0 Å². The van der Waals surface area contributed by atoms with E-state index in [9.17, 15) is 4.79 Å². The summed E-state index contributed by atoms with van der Waals surface area (Å²) in [7, 11) is 1.09. The highest BCUT2D eigenvalue weighted by atomic mass is 16.2. The summed E-state index contributed by atoms with van der Waals surface area (Å²) >= 11 is 0. The van der Waals surface area contributed by atoms with Gasteiger partial charge in [-0.3, -0.25) is 4.79 Å². The van der Waals surface area contributed by atoms with Gasteiger partial charge in [-0.25, -0.2) is 4.98 Å². The van der Waals surface area contributed by atoms with Crippen LogP contribution in [0.4, 0.5) is 0 Å². The molecule has 24 heavy (non-hydrogen) atoms. The van der Waals surface area contributed by atoms with Gasteiger partial charge in [0.2, 0.25) is 0 Å². The van der Waals surface area contributed by atoms with Crippen molar-refractivity contribution in [2.75, 3.05) is 0 Å². The highest BCUT2D eigenvalue weighted by molar-refractivity contribution is 6.45. The van der Waals surface area contributed by atoms with E-state index in [1.807, 2.05) is 36.4 Å². The molecule has 0 atom stereocenters. The van der Waals surface area contributed by atoms with E-state index in [-0.39, 0.29) is 5.69 Å². The minimum absolute atomic E-state index is 0.276.